The van der Waals surface area contributed by atoms with Gasteiger partial charge in [0.15, 0.2) is 0 Å². The predicted octanol–water partition coefficient (Wildman–Crippen LogP) is 4.19. The zero-order chi connectivity index (χ0) is 14.2. The summed E-state index contributed by atoms with van der Waals surface area (Å²) in [5.74, 6) is 1.10. The Labute approximate surface area is 117 Å². The molecule has 1 aromatic carbocycles. The number of fused-ring (bicyclic) bond motifs is 1. The van der Waals surface area contributed by atoms with Gasteiger partial charge < -0.3 is 10.1 Å². The van der Waals surface area contributed by atoms with Crippen LogP contribution in [0.2, 0.25) is 0 Å². The van der Waals surface area contributed by atoms with Gasteiger partial charge in [0.1, 0.15) is 5.75 Å². The Kier molecular flexibility index (Phi) is 3.91. The van der Waals surface area contributed by atoms with Gasteiger partial charge in [-0.3, -0.25) is 0 Å². The van der Waals surface area contributed by atoms with E-state index in [4.69, 9.17) is 4.74 Å². The molecule has 0 aromatic heterocycles. The Morgan fingerprint density at radius 1 is 1.26 bits per heavy atom. The van der Waals surface area contributed by atoms with E-state index in [1.165, 1.54) is 11.1 Å². The van der Waals surface area contributed by atoms with Gasteiger partial charge in [-0.1, -0.05) is 52.8 Å². The second-order valence-electron chi connectivity index (χ2n) is 7.01. The van der Waals surface area contributed by atoms with E-state index in [2.05, 4.69) is 65.1 Å². The molecule has 0 saturated heterocycles. The number of hydrogen-bond acceptors (Lipinski definition) is 2. The lowest BCUT2D eigenvalue weighted by Crippen LogP contribution is -2.36. The van der Waals surface area contributed by atoms with Gasteiger partial charge in [-0.05, 0) is 17.9 Å². The zero-order valence-electron chi connectivity index (χ0n) is 13.1. The molecule has 0 aliphatic carbocycles. The van der Waals surface area contributed by atoms with Crippen molar-refractivity contribution < 1.29 is 4.74 Å². The Morgan fingerprint density at radius 3 is 2.53 bits per heavy atom. The summed E-state index contributed by atoms with van der Waals surface area (Å²) in [6.07, 6.45) is 1.31. The molecule has 0 radical (unpaired) electrons. The molecule has 1 N–H and O–H groups in total. The van der Waals surface area contributed by atoms with Gasteiger partial charge in [-0.15, -0.1) is 0 Å². The van der Waals surface area contributed by atoms with Crippen LogP contribution in [0.1, 0.15) is 65.1 Å². The van der Waals surface area contributed by atoms with Crippen LogP contribution in [0.25, 0.3) is 0 Å². The van der Waals surface area contributed by atoms with E-state index in [-0.39, 0.29) is 11.5 Å². The predicted molar refractivity (Wildman–Crippen MR) is 80.9 cm³/mol. The van der Waals surface area contributed by atoms with Gasteiger partial charge in [0.05, 0.1) is 6.10 Å². The van der Waals surface area contributed by atoms with Crippen LogP contribution in [-0.4, -0.2) is 12.1 Å². The van der Waals surface area contributed by atoms with Crippen molar-refractivity contribution in [2.45, 2.75) is 71.6 Å². The smallest absolute Gasteiger partial charge is 0.128 e. The van der Waals surface area contributed by atoms with E-state index in [0.29, 0.717) is 12.1 Å². The van der Waals surface area contributed by atoms with E-state index in [9.17, 15) is 0 Å². The maximum Gasteiger partial charge on any atom is 0.128 e. The van der Waals surface area contributed by atoms with Crippen LogP contribution < -0.4 is 10.1 Å². The highest BCUT2D eigenvalue weighted by Gasteiger charge is 2.30. The third kappa shape index (κ3) is 3.11. The van der Waals surface area contributed by atoms with Crippen molar-refractivity contribution in [3.8, 4) is 5.75 Å². The molecule has 0 fully saturated rings. The molecule has 1 aromatic rings. The summed E-state index contributed by atoms with van der Waals surface area (Å²) in [4.78, 5) is 0. The highest BCUT2D eigenvalue weighted by atomic mass is 16.5. The first kappa shape index (κ1) is 14.4. The highest BCUT2D eigenvalue weighted by molar-refractivity contribution is 5.48. The summed E-state index contributed by atoms with van der Waals surface area (Å²) in [5, 5.41) is 3.67. The molecule has 2 heteroatoms. The molecular weight excluding hydrogens is 234 g/mol. The lowest BCUT2D eigenvalue weighted by atomic mass is 9.82. The average Bonchev–Trinajstić information content (AvgIpc) is 2.25. The topological polar surface area (TPSA) is 21.3 Å². The molecule has 19 heavy (non-hydrogen) atoms. The Hall–Kier alpha value is -1.02. The van der Waals surface area contributed by atoms with Crippen molar-refractivity contribution in [1.29, 1.82) is 0 Å². The Bertz CT molecular complexity index is 445. The van der Waals surface area contributed by atoms with Crippen LogP contribution in [0.5, 0.6) is 5.75 Å². The molecule has 0 bridgehead atoms. The van der Waals surface area contributed by atoms with E-state index in [0.717, 1.165) is 12.2 Å². The first-order valence-corrected chi connectivity index (χ1v) is 7.35. The summed E-state index contributed by atoms with van der Waals surface area (Å²) >= 11 is 0. The third-order valence-corrected chi connectivity index (χ3v) is 3.65. The van der Waals surface area contributed by atoms with Crippen molar-refractivity contribution in [3.05, 3.63) is 29.3 Å². The number of hydrogen-bond donors (Lipinski definition) is 1. The van der Waals surface area contributed by atoms with Gasteiger partial charge in [0, 0.05) is 24.1 Å². The molecule has 2 unspecified atom stereocenters. The fourth-order valence-corrected chi connectivity index (χ4v) is 2.82. The van der Waals surface area contributed by atoms with Crippen molar-refractivity contribution in [2.24, 2.45) is 0 Å². The molecule has 106 valence electrons. The quantitative estimate of drug-likeness (QED) is 0.861. The van der Waals surface area contributed by atoms with Gasteiger partial charge in [0.25, 0.3) is 0 Å². The van der Waals surface area contributed by atoms with Gasteiger partial charge in [0.2, 0.25) is 0 Å². The molecule has 2 nitrogen and oxygen atoms in total. The van der Waals surface area contributed by atoms with Crippen molar-refractivity contribution in [1.82, 2.24) is 5.32 Å². The average molecular weight is 261 g/mol. The highest BCUT2D eigenvalue weighted by Crippen LogP contribution is 2.41. The Morgan fingerprint density at radius 2 is 1.95 bits per heavy atom. The maximum atomic E-state index is 6.16. The molecule has 1 aliphatic heterocycles. The first-order chi connectivity index (χ1) is 8.79. The number of benzene rings is 1. The fraction of sp³-hybridized carbons (Fsp3) is 0.647. The third-order valence-electron chi connectivity index (χ3n) is 3.65. The molecule has 0 spiro atoms. The number of rotatable bonds is 2. The van der Waals surface area contributed by atoms with Crippen LogP contribution in [0.3, 0.4) is 0 Å². The summed E-state index contributed by atoms with van der Waals surface area (Å²) in [6.45, 7) is 13.3. The number of ether oxygens (including phenoxy) is 1. The number of nitrogens with one attached hydrogen (secondary N) is 1. The molecule has 2 atom stereocenters. The van der Waals surface area contributed by atoms with Gasteiger partial charge in [-0.25, -0.2) is 0 Å². The molecule has 1 heterocycles. The molecule has 0 amide bonds. The molecular formula is C17H27NO. The van der Waals surface area contributed by atoms with Crippen LogP contribution in [0.4, 0.5) is 0 Å². The van der Waals surface area contributed by atoms with Crippen LogP contribution in [0.15, 0.2) is 18.2 Å². The lowest BCUT2D eigenvalue weighted by molar-refractivity contribution is 0.159. The lowest BCUT2D eigenvalue weighted by Gasteiger charge is -2.35. The van der Waals surface area contributed by atoms with Crippen LogP contribution >= 0.6 is 0 Å². The summed E-state index contributed by atoms with van der Waals surface area (Å²) < 4.78 is 6.16. The largest absolute Gasteiger partial charge is 0.490 e. The zero-order valence-corrected chi connectivity index (χ0v) is 13.1. The maximum absolute atomic E-state index is 6.16. The monoisotopic (exact) mass is 261 g/mol. The molecule has 2 rings (SSSR count). The molecule has 0 saturated carbocycles. The van der Waals surface area contributed by atoms with E-state index in [1.54, 1.807) is 0 Å². The molecule has 1 aliphatic rings. The van der Waals surface area contributed by atoms with E-state index >= 15 is 0 Å². The summed E-state index contributed by atoms with van der Waals surface area (Å²) in [5.41, 5.74) is 2.75. The van der Waals surface area contributed by atoms with E-state index in [1.807, 2.05) is 0 Å². The van der Waals surface area contributed by atoms with Crippen LogP contribution in [-0.2, 0) is 5.41 Å². The minimum atomic E-state index is 0.116. The van der Waals surface area contributed by atoms with Crippen molar-refractivity contribution in [2.75, 3.05) is 0 Å². The Balaban J connectivity index is 2.46. The van der Waals surface area contributed by atoms with Crippen molar-refractivity contribution >= 4 is 0 Å². The second-order valence-corrected chi connectivity index (χ2v) is 7.01. The van der Waals surface area contributed by atoms with E-state index < -0.39 is 0 Å². The summed E-state index contributed by atoms with van der Waals surface area (Å²) in [6, 6.07) is 7.45. The SMILES string of the molecule is CC(C)NC1CC(C)Oc2c1cccc2C(C)(C)C. The standard InChI is InChI=1S/C17H27NO/c1-11(2)18-15-10-12(3)19-16-13(15)8-7-9-14(16)17(4,5)6/h7-9,11-12,15,18H,10H2,1-6H3. The van der Waals surface area contributed by atoms with Gasteiger partial charge in [-0.2, -0.15) is 0 Å². The van der Waals surface area contributed by atoms with Gasteiger partial charge >= 0.3 is 0 Å². The first-order valence-electron chi connectivity index (χ1n) is 7.35. The fourth-order valence-electron chi connectivity index (χ4n) is 2.82. The minimum absolute atomic E-state index is 0.116. The normalized spacial score (nSPS) is 23.1. The van der Waals surface area contributed by atoms with Crippen molar-refractivity contribution in [3.63, 3.8) is 0 Å². The summed E-state index contributed by atoms with van der Waals surface area (Å²) in [7, 11) is 0. The number of para-hydroxylation sites is 1. The second kappa shape index (κ2) is 5.16. The van der Waals surface area contributed by atoms with Crippen LogP contribution in [0, 0.1) is 0 Å². The minimum Gasteiger partial charge on any atom is -0.490 e.